The molecule has 3 aromatic rings. The molecule has 0 saturated carbocycles. The molecule has 1 N–H and O–H groups in total. The van der Waals surface area contributed by atoms with E-state index in [0.717, 1.165) is 42.0 Å². The number of amides is 1. The maximum absolute atomic E-state index is 12.0. The molecule has 1 aromatic carbocycles. The third kappa shape index (κ3) is 3.29. The molecule has 0 radical (unpaired) electrons. The van der Waals surface area contributed by atoms with Crippen LogP contribution in [0.2, 0.25) is 0 Å². The van der Waals surface area contributed by atoms with Crippen molar-refractivity contribution in [2.24, 2.45) is 0 Å². The number of anilines is 1. The minimum atomic E-state index is 0.223. The van der Waals surface area contributed by atoms with Crippen LogP contribution >= 0.6 is 11.3 Å². The second kappa shape index (κ2) is 7.41. The molecule has 1 aliphatic rings. The lowest BCUT2D eigenvalue weighted by Crippen LogP contribution is -2.34. The molecule has 0 saturated heterocycles. The van der Waals surface area contributed by atoms with Crippen molar-refractivity contribution in [1.82, 2.24) is 14.9 Å². The summed E-state index contributed by atoms with van der Waals surface area (Å²) in [7, 11) is 0. The second-order valence-corrected chi connectivity index (χ2v) is 7.57. The number of benzene rings is 1. The van der Waals surface area contributed by atoms with Crippen LogP contribution in [0.3, 0.4) is 0 Å². The van der Waals surface area contributed by atoms with Gasteiger partial charge in [-0.25, -0.2) is 9.97 Å². The number of hydrogen-bond acceptors (Lipinski definition) is 5. The zero-order valence-electron chi connectivity index (χ0n) is 14.9. The minimum absolute atomic E-state index is 0.223. The summed E-state index contributed by atoms with van der Waals surface area (Å²) < 4.78 is 0. The highest BCUT2D eigenvalue weighted by atomic mass is 32.1. The lowest BCUT2D eigenvalue weighted by atomic mass is 10.0. The first-order chi connectivity index (χ1) is 12.8. The van der Waals surface area contributed by atoms with Gasteiger partial charge in [-0.3, -0.25) is 4.79 Å². The first kappa shape index (κ1) is 17.0. The number of thiophene rings is 1. The predicted octanol–water partition coefficient (Wildman–Crippen LogP) is 3.64. The molecule has 0 bridgehead atoms. The summed E-state index contributed by atoms with van der Waals surface area (Å²) in [4.78, 5) is 25.2. The molecule has 6 heteroatoms. The number of rotatable bonds is 5. The van der Waals surface area contributed by atoms with Gasteiger partial charge in [0.25, 0.3) is 0 Å². The van der Waals surface area contributed by atoms with Gasteiger partial charge in [0.1, 0.15) is 17.0 Å². The Hall–Kier alpha value is -2.47. The molecule has 1 aliphatic heterocycles. The number of aromatic nitrogens is 2. The van der Waals surface area contributed by atoms with Crippen molar-refractivity contribution in [2.75, 3.05) is 18.4 Å². The molecule has 0 fully saturated rings. The minimum Gasteiger partial charge on any atom is -0.369 e. The standard InChI is InChI=1S/C20H22N4OS/c1-2-17(25)24-11-9-15-16(12-24)26-20-18(15)19(22-13-23-20)21-10-8-14-6-4-3-5-7-14/h3-7,13H,2,8-12H2,1H3,(H,21,22,23). The summed E-state index contributed by atoms with van der Waals surface area (Å²) in [5, 5.41) is 4.64. The number of nitrogens with one attached hydrogen (secondary N) is 1. The van der Waals surface area contributed by atoms with Gasteiger partial charge in [-0.05, 0) is 24.0 Å². The average molecular weight is 366 g/mol. The highest BCUT2D eigenvalue weighted by Crippen LogP contribution is 2.37. The molecule has 134 valence electrons. The quantitative estimate of drug-likeness (QED) is 0.749. The molecule has 5 nitrogen and oxygen atoms in total. The zero-order chi connectivity index (χ0) is 17.9. The molecule has 4 rings (SSSR count). The monoisotopic (exact) mass is 366 g/mol. The fourth-order valence-corrected chi connectivity index (χ4v) is 4.67. The van der Waals surface area contributed by atoms with E-state index < -0.39 is 0 Å². The van der Waals surface area contributed by atoms with Crippen LogP contribution in [0.5, 0.6) is 0 Å². The van der Waals surface area contributed by atoms with E-state index in [1.54, 1.807) is 17.7 Å². The van der Waals surface area contributed by atoms with Crippen molar-refractivity contribution in [3.05, 3.63) is 52.7 Å². The van der Waals surface area contributed by atoms with Gasteiger partial charge in [0.05, 0.1) is 11.9 Å². The molecular formula is C20H22N4OS. The van der Waals surface area contributed by atoms with Crippen molar-refractivity contribution in [3.63, 3.8) is 0 Å². The molecule has 0 atom stereocenters. The SMILES string of the molecule is CCC(=O)N1CCc2c(sc3ncnc(NCCc4ccccc4)c23)C1. The van der Waals surface area contributed by atoms with Gasteiger partial charge in [0, 0.05) is 24.4 Å². The fourth-order valence-electron chi connectivity index (χ4n) is 3.47. The van der Waals surface area contributed by atoms with E-state index in [4.69, 9.17) is 0 Å². The van der Waals surface area contributed by atoms with E-state index in [9.17, 15) is 4.79 Å². The Balaban J connectivity index is 1.55. The molecular weight excluding hydrogens is 344 g/mol. The highest BCUT2D eigenvalue weighted by molar-refractivity contribution is 7.19. The molecule has 2 aromatic heterocycles. The lowest BCUT2D eigenvalue weighted by Gasteiger charge is -2.26. The van der Waals surface area contributed by atoms with Crippen LogP contribution in [0.15, 0.2) is 36.7 Å². The summed E-state index contributed by atoms with van der Waals surface area (Å²) in [5.41, 5.74) is 2.62. The van der Waals surface area contributed by atoms with Gasteiger partial charge in [-0.2, -0.15) is 0 Å². The molecule has 0 spiro atoms. The Kier molecular flexibility index (Phi) is 4.84. The Bertz CT molecular complexity index is 922. The van der Waals surface area contributed by atoms with Crippen LogP contribution in [-0.4, -0.2) is 33.9 Å². The fraction of sp³-hybridized carbons (Fsp3) is 0.350. The molecule has 26 heavy (non-hydrogen) atoms. The first-order valence-corrected chi connectivity index (χ1v) is 9.88. The third-order valence-corrected chi connectivity index (χ3v) is 5.97. The van der Waals surface area contributed by atoms with Crippen LogP contribution in [0.4, 0.5) is 5.82 Å². The number of nitrogens with zero attached hydrogens (tertiary/aromatic N) is 3. The summed E-state index contributed by atoms with van der Waals surface area (Å²) in [6.07, 6.45) is 4.02. The largest absolute Gasteiger partial charge is 0.369 e. The molecule has 0 unspecified atom stereocenters. The van der Waals surface area contributed by atoms with E-state index in [-0.39, 0.29) is 5.91 Å². The van der Waals surface area contributed by atoms with Crippen molar-refractivity contribution >= 4 is 33.3 Å². The van der Waals surface area contributed by atoms with Gasteiger partial charge >= 0.3 is 0 Å². The van der Waals surface area contributed by atoms with Gasteiger partial charge < -0.3 is 10.2 Å². The number of fused-ring (bicyclic) bond motifs is 3. The van der Waals surface area contributed by atoms with Crippen molar-refractivity contribution in [2.45, 2.75) is 32.7 Å². The topological polar surface area (TPSA) is 58.1 Å². The van der Waals surface area contributed by atoms with E-state index in [1.807, 2.05) is 17.9 Å². The van der Waals surface area contributed by atoms with Crippen LogP contribution in [-0.2, 0) is 24.2 Å². The maximum atomic E-state index is 12.0. The van der Waals surface area contributed by atoms with E-state index >= 15 is 0 Å². The summed E-state index contributed by atoms with van der Waals surface area (Å²) in [5.74, 6) is 1.14. The number of carbonyl (C=O) groups excluding carboxylic acids is 1. The number of hydrogen-bond donors (Lipinski definition) is 1. The molecule has 3 heterocycles. The first-order valence-electron chi connectivity index (χ1n) is 9.07. The lowest BCUT2D eigenvalue weighted by molar-refractivity contribution is -0.131. The van der Waals surface area contributed by atoms with E-state index in [2.05, 4.69) is 39.6 Å². The van der Waals surface area contributed by atoms with Crippen LogP contribution in [0, 0.1) is 0 Å². The van der Waals surface area contributed by atoms with Crippen LogP contribution in [0.25, 0.3) is 10.2 Å². The Morgan fingerprint density at radius 1 is 1.27 bits per heavy atom. The zero-order valence-corrected chi connectivity index (χ0v) is 15.7. The smallest absolute Gasteiger partial charge is 0.222 e. The number of carbonyl (C=O) groups is 1. The van der Waals surface area contributed by atoms with Crippen LogP contribution in [0.1, 0.15) is 29.3 Å². The van der Waals surface area contributed by atoms with Gasteiger partial charge in [-0.1, -0.05) is 37.3 Å². The Morgan fingerprint density at radius 3 is 2.92 bits per heavy atom. The van der Waals surface area contributed by atoms with Gasteiger partial charge in [0.15, 0.2) is 0 Å². The predicted molar refractivity (Wildman–Crippen MR) is 105 cm³/mol. The van der Waals surface area contributed by atoms with Crippen molar-refractivity contribution in [1.29, 1.82) is 0 Å². The summed E-state index contributed by atoms with van der Waals surface area (Å²) >= 11 is 1.69. The molecule has 1 amide bonds. The van der Waals surface area contributed by atoms with E-state index in [0.29, 0.717) is 13.0 Å². The van der Waals surface area contributed by atoms with Gasteiger partial charge in [0.2, 0.25) is 5.91 Å². The normalized spacial score (nSPS) is 13.7. The second-order valence-electron chi connectivity index (χ2n) is 6.49. The molecule has 0 aliphatic carbocycles. The van der Waals surface area contributed by atoms with Crippen molar-refractivity contribution in [3.8, 4) is 0 Å². The Morgan fingerprint density at radius 2 is 2.12 bits per heavy atom. The summed E-state index contributed by atoms with van der Waals surface area (Å²) in [6.45, 7) is 4.24. The third-order valence-electron chi connectivity index (χ3n) is 4.84. The van der Waals surface area contributed by atoms with Crippen molar-refractivity contribution < 1.29 is 4.79 Å². The highest BCUT2D eigenvalue weighted by Gasteiger charge is 2.25. The Labute approximate surface area is 157 Å². The average Bonchev–Trinajstić information content (AvgIpc) is 3.06. The van der Waals surface area contributed by atoms with E-state index in [1.165, 1.54) is 16.0 Å². The summed E-state index contributed by atoms with van der Waals surface area (Å²) in [6, 6.07) is 10.5. The van der Waals surface area contributed by atoms with Crippen LogP contribution < -0.4 is 5.32 Å². The van der Waals surface area contributed by atoms with Gasteiger partial charge in [-0.15, -0.1) is 11.3 Å². The maximum Gasteiger partial charge on any atom is 0.222 e.